The van der Waals surface area contributed by atoms with Crippen molar-refractivity contribution in [3.05, 3.63) is 53.6 Å². The number of fused-ring (bicyclic) bond motifs is 1. The summed E-state index contributed by atoms with van der Waals surface area (Å²) in [4.78, 5) is 12.1. The van der Waals surface area contributed by atoms with Crippen LogP contribution in [0.2, 0.25) is 0 Å². The van der Waals surface area contributed by atoms with E-state index in [2.05, 4.69) is 0 Å². The molecule has 2 aromatic rings. The van der Waals surface area contributed by atoms with Gasteiger partial charge in [0.05, 0.1) is 5.56 Å². The van der Waals surface area contributed by atoms with Gasteiger partial charge in [-0.1, -0.05) is 36.1 Å². The number of aliphatic hydroxyl groups excluding tert-OH is 1. The van der Waals surface area contributed by atoms with Gasteiger partial charge in [-0.05, 0) is 11.6 Å². The van der Waals surface area contributed by atoms with Gasteiger partial charge in [0, 0.05) is 6.07 Å². The number of aliphatic hydroxyl groups is 1. The molecule has 3 rings (SSSR count). The number of ether oxygens (including phenoxy) is 1. The van der Waals surface area contributed by atoms with Crippen molar-refractivity contribution in [3.63, 3.8) is 0 Å². The lowest BCUT2D eigenvalue weighted by Crippen LogP contribution is -2.36. The summed E-state index contributed by atoms with van der Waals surface area (Å²) >= 11 is 0. The summed E-state index contributed by atoms with van der Waals surface area (Å²) in [5, 5.41) is 31.2. The molecule has 0 bridgehead atoms. The zero-order valence-electron chi connectivity index (χ0n) is 10.3. The van der Waals surface area contributed by atoms with Crippen molar-refractivity contribution in [2.45, 2.75) is 12.2 Å². The van der Waals surface area contributed by atoms with E-state index in [1.165, 1.54) is 6.07 Å². The van der Waals surface area contributed by atoms with Gasteiger partial charge in [-0.25, -0.2) is 0 Å². The van der Waals surface area contributed by atoms with Gasteiger partial charge in [0.15, 0.2) is 18.0 Å². The molecule has 1 heterocycles. The van der Waals surface area contributed by atoms with Crippen LogP contribution in [-0.2, 0) is 0 Å². The van der Waals surface area contributed by atoms with Crippen LogP contribution in [0.4, 0.5) is 0 Å². The second-order valence-electron chi connectivity index (χ2n) is 4.58. The first kappa shape index (κ1) is 12.5. The Bertz CT molecular complexity index is 665. The van der Waals surface area contributed by atoms with Gasteiger partial charge in [0.25, 0.3) is 0 Å². The van der Waals surface area contributed by atoms with E-state index in [4.69, 9.17) is 4.74 Å². The van der Waals surface area contributed by atoms with Crippen LogP contribution >= 0.6 is 0 Å². The molecule has 20 heavy (non-hydrogen) atoms. The molecule has 5 nitrogen and oxygen atoms in total. The third-order valence-corrected chi connectivity index (χ3v) is 3.23. The molecule has 2 atom stereocenters. The average molecular weight is 271 g/mol. The minimum Gasteiger partial charge on any atom is -0.872 e. The van der Waals surface area contributed by atoms with E-state index < -0.39 is 23.7 Å². The van der Waals surface area contributed by atoms with Crippen molar-refractivity contribution in [1.82, 2.24) is 0 Å². The van der Waals surface area contributed by atoms with Crippen molar-refractivity contribution < 1.29 is 24.9 Å². The quantitative estimate of drug-likeness (QED) is 0.811. The Morgan fingerprint density at radius 1 is 1.15 bits per heavy atom. The molecular weight excluding hydrogens is 260 g/mol. The lowest BCUT2D eigenvalue weighted by Gasteiger charge is -2.32. The minimum absolute atomic E-state index is 0.000784. The van der Waals surface area contributed by atoms with E-state index >= 15 is 0 Å². The van der Waals surface area contributed by atoms with Crippen molar-refractivity contribution in [1.29, 1.82) is 0 Å². The molecule has 2 N–H and O–H groups in total. The number of rotatable bonds is 1. The molecule has 1 aliphatic heterocycles. The number of hydrogen-bond acceptors (Lipinski definition) is 5. The summed E-state index contributed by atoms with van der Waals surface area (Å²) in [5.41, 5.74) is 0.400. The summed E-state index contributed by atoms with van der Waals surface area (Å²) in [6.45, 7) is 0. The molecule has 0 saturated carbocycles. The number of ketones is 1. The summed E-state index contributed by atoms with van der Waals surface area (Å²) < 4.78 is 5.53. The van der Waals surface area contributed by atoms with E-state index in [9.17, 15) is 20.1 Å². The Morgan fingerprint density at radius 2 is 1.85 bits per heavy atom. The highest BCUT2D eigenvalue weighted by Crippen LogP contribution is 2.40. The monoisotopic (exact) mass is 271 g/mol. The van der Waals surface area contributed by atoms with Gasteiger partial charge in [0.2, 0.25) is 0 Å². The van der Waals surface area contributed by atoms with Crippen molar-refractivity contribution in [2.75, 3.05) is 0 Å². The SMILES string of the molecule is O=C1c2c([O-])cc(O)cc2OC(c2ccccc2)C1O. The maximum atomic E-state index is 12.1. The third kappa shape index (κ3) is 1.88. The highest BCUT2D eigenvalue weighted by molar-refractivity contribution is 6.05. The van der Waals surface area contributed by atoms with Crippen LogP contribution in [0.3, 0.4) is 0 Å². The third-order valence-electron chi connectivity index (χ3n) is 3.23. The fourth-order valence-corrected chi connectivity index (χ4v) is 2.29. The maximum Gasteiger partial charge on any atom is 0.198 e. The zero-order valence-corrected chi connectivity index (χ0v) is 10.3. The van der Waals surface area contributed by atoms with Crippen LogP contribution in [-0.4, -0.2) is 22.1 Å². The van der Waals surface area contributed by atoms with E-state index in [1.807, 2.05) is 0 Å². The molecule has 5 heteroatoms. The first-order chi connectivity index (χ1) is 9.58. The second kappa shape index (κ2) is 4.54. The molecule has 0 saturated heterocycles. The summed E-state index contributed by atoms with van der Waals surface area (Å²) in [6, 6.07) is 10.9. The summed E-state index contributed by atoms with van der Waals surface area (Å²) in [7, 11) is 0. The van der Waals surface area contributed by atoms with Crippen LogP contribution in [0, 0.1) is 0 Å². The first-order valence-electron chi connectivity index (χ1n) is 6.06. The van der Waals surface area contributed by atoms with Crippen LogP contribution in [0.25, 0.3) is 0 Å². The van der Waals surface area contributed by atoms with Gasteiger partial charge < -0.3 is 20.1 Å². The minimum atomic E-state index is -1.44. The molecular formula is C15H11O5-. The lowest BCUT2D eigenvalue weighted by atomic mass is 9.93. The van der Waals surface area contributed by atoms with Crippen LogP contribution < -0.4 is 9.84 Å². The fourth-order valence-electron chi connectivity index (χ4n) is 2.29. The normalized spacial score (nSPS) is 21.1. The van der Waals surface area contributed by atoms with Crippen LogP contribution in [0.5, 0.6) is 17.2 Å². The van der Waals surface area contributed by atoms with Gasteiger partial charge in [0.1, 0.15) is 11.5 Å². The Morgan fingerprint density at radius 3 is 2.55 bits per heavy atom. The highest BCUT2D eigenvalue weighted by Gasteiger charge is 2.37. The number of Topliss-reactive ketones (excluding diaryl/α,β-unsaturated/α-hetero) is 1. The Kier molecular flexibility index (Phi) is 2.84. The number of phenols is 1. The zero-order chi connectivity index (χ0) is 14.3. The van der Waals surface area contributed by atoms with Gasteiger partial charge >= 0.3 is 0 Å². The Labute approximate surface area is 114 Å². The average Bonchev–Trinajstić information content (AvgIpc) is 2.43. The molecule has 2 aromatic carbocycles. The molecule has 0 aliphatic carbocycles. The molecule has 2 unspecified atom stereocenters. The van der Waals surface area contributed by atoms with Crippen molar-refractivity contribution in [2.24, 2.45) is 0 Å². The largest absolute Gasteiger partial charge is 0.872 e. The smallest absolute Gasteiger partial charge is 0.198 e. The second-order valence-corrected chi connectivity index (χ2v) is 4.58. The molecule has 102 valence electrons. The first-order valence-corrected chi connectivity index (χ1v) is 6.06. The number of carbonyl (C=O) groups is 1. The molecule has 0 radical (unpaired) electrons. The van der Waals surface area contributed by atoms with Crippen molar-refractivity contribution in [3.8, 4) is 17.2 Å². The van der Waals surface area contributed by atoms with E-state index in [0.29, 0.717) is 5.56 Å². The number of benzene rings is 2. The lowest BCUT2D eigenvalue weighted by molar-refractivity contribution is -0.269. The van der Waals surface area contributed by atoms with Crippen LogP contribution in [0.1, 0.15) is 22.0 Å². The molecule has 0 amide bonds. The molecule has 1 aliphatic rings. The van der Waals surface area contributed by atoms with Crippen molar-refractivity contribution >= 4 is 5.78 Å². The number of hydrogen-bond donors (Lipinski definition) is 2. The number of phenolic OH excluding ortho intramolecular Hbond substituents is 1. The number of carbonyl (C=O) groups excluding carboxylic acids is 1. The maximum absolute atomic E-state index is 12.1. The highest BCUT2D eigenvalue weighted by atomic mass is 16.5. The van der Waals surface area contributed by atoms with Gasteiger partial charge in [-0.2, -0.15) is 0 Å². The topological polar surface area (TPSA) is 89.8 Å². The van der Waals surface area contributed by atoms with E-state index in [-0.39, 0.29) is 17.1 Å². The fraction of sp³-hybridized carbons (Fsp3) is 0.133. The predicted octanol–water partition coefficient (Wildman–Crippen LogP) is 1.14. The Balaban J connectivity index is 2.09. The molecule has 0 spiro atoms. The summed E-state index contributed by atoms with van der Waals surface area (Å²) in [5.74, 6) is -1.62. The Hall–Kier alpha value is -2.53. The predicted molar refractivity (Wildman–Crippen MR) is 67.7 cm³/mol. The molecule has 0 aromatic heterocycles. The number of aromatic hydroxyl groups is 1. The van der Waals surface area contributed by atoms with E-state index in [1.54, 1.807) is 30.3 Å². The van der Waals surface area contributed by atoms with E-state index in [0.717, 1.165) is 6.07 Å². The van der Waals surface area contributed by atoms with Gasteiger partial charge in [-0.3, -0.25) is 4.79 Å². The van der Waals surface area contributed by atoms with Crippen LogP contribution in [0.15, 0.2) is 42.5 Å². The molecule has 0 fully saturated rings. The van der Waals surface area contributed by atoms with Gasteiger partial charge in [-0.15, -0.1) is 0 Å². The summed E-state index contributed by atoms with van der Waals surface area (Å²) in [6.07, 6.45) is -2.33. The standard InChI is InChI=1S/C15H12O5/c16-9-6-10(17)12-11(7-9)20-15(14(19)13(12)18)8-4-2-1-3-5-8/h1-7,14-17,19H/p-1.